The Balaban J connectivity index is 2.22. The van der Waals surface area contributed by atoms with Gasteiger partial charge in [0.1, 0.15) is 5.69 Å². The van der Waals surface area contributed by atoms with Crippen molar-refractivity contribution in [1.29, 1.82) is 0 Å². The number of aromatic nitrogens is 3. The summed E-state index contributed by atoms with van der Waals surface area (Å²) >= 11 is 0. The normalized spacial score (nSPS) is 18.4. The van der Waals surface area contributed by atoms with Crippen molar-refractivity contribution >= 4 is 23.0 Å². The minimum Gasteiger partial charge on any atom is -0.326 e. The summed E-state index contributed by atoms with van der Waals surface area (Å²) in [6, 6.07) is 0.676. The molecule has 2 atom stereocenters. The second-order valence-corrected chi connectivity index (χ2v) is 8.85. The zero-order chi connectivity index (χ0) is 24.1. The molecule has 0 aliphatic heterocycles. The molecule has 1 aliphatic carbocycles. The van der Waals surface area contributed by atoms with E-state index in [1.54, 1.807) is 0 Å². The van der Waals surface area contributed by atoms with Crippen LogP contribution in [-0.2, 0) is 24.0 Å². The summed E-state index contributed by atoms with van der Waals surface area (Å²) in [5.41, 5.74) is -1.30. The van der Waals surface area contributed by atoms with Gasteiger partial charge in [-0.2, -0.15) is 35.1 Å². The lowest BCUT2D eigenvalue weighted by Gasteiger charge is -2.25. The highest BCUT2D eigenvalue weighted by molar-refractivity contribution is 7.85. The molecular formula is C19H17F8N3OS. The third kappa shape index (κ3) is 4.30. The minimum atomic E-state index is -5.75. The maximum Gasteiger partial charge on any atom is 0.453 e. The van der Waals surface area contributed by atoms with Crippen LogP contribution >= 0.6 is 0 Å². The van der Waals surface area contributed by atoms with E-state index in [1.165, 1.54) is 24.6 Å². The maximum absolute atomic E-state index is 13.9. The van der Waals surface area contributed by atoms with Gasteiger partial charge in [-0.3, -0.25) is 9.19 Å². The number of hydrogen-bond acceptors (Lipinski definition) is 3. The second kappa shape index (κ2) is 8.23. The summed E-state index contributed by atoms with van der Waals surface area (Å²) in [5, 5.41) is 0.0410. The highest BCUT2D eigenvalue weighted by Crippen LogP contribution is 2.44. The fraction of sp³-hybridized carbons (Fsp3) is 0.474. The second-order valence-electron chi connectivity index (χ2n) is 7.14. The molecular weight excluding hydrogens is 470 g/mol. The monoisotopic (exact) mass is 487 g/mol. The van der Waals surface area contributed by atoms with Crippen molar-refractivity contribution in [2.24, 2.45) is 13.0 Å². The number of imidazole rings is 1. The van der Waals surface area contributed by atoms with Gasteiger partial charge in [0.25, 0.3) is 0 Å². The van der Waals surface area contributed by atoms with Crippen molar-refractivity contribution in [3.63, 3.8) is 0 Å². The van der Waals surface area contributed by atoms with Crippen LogP contribution in [0.2, 0.25) is 0 Å². The van der Waals surface area contributed by atoms with E-state index in [-0.39, 0.29) is 39.3 Å². The Kier molecular flexibility index (Phi) is 6.26. The van der Waals surface area contributed by atoms with Gasteiger partial charge in [0, 0.05) is 19.0 Å². The average molecular weight is 487 g/mol. The lowest BCUT2D eigenvalue weighted by molar-refractivity contribution is -0.295. The molecule has 4 nitrogen and oxygen atoms in total. The summed E-state index contributed by atoms with van der Waals surface area (Å²) < 4.78 is 119. The highest BCUT2D eigenvalue weighted by Gasteiger charge is 2.61. The number of alkyl halides is 8. The Bertz CT molecular complexity index is 1170. The van der Waals surface area contributed by atoms with E-state index < -0.39 is 47.0 Å². The SMILES string of the molecule is CCS(=O)c1cc(C(F)(F)F)cnc1-c1nc2c(n1C)=CCCC(C(F)(F)C(F)(F)F)C=2. The molecule has 176 valence electrons. The van der Waals surface area contributed by atoms with Gasteiger partial charge in [-0.05, 0) is 25.0 Å². The molecule has 0 bridgehead atoms. The first kappa shape index (κ1) is 24.3. The fourth-order valence-electron chi connectivity index (χ4n) is 3.37. The predicted molar refractivity (Wildman–Crippen MR) is 100 cm³/mol. The predicted octanol–water partition coefficient (Wildman–Crippen LogP) is 3.80. The van der Waals surface area contributed by atoms with Crippen LogP contribution in [-0.4, -0.2) is 36.6 Å². The molecule has 0 saturated carbocycles. The molecule has 0 amide bonds. The average Bonchev–Trinajstić information content (AvgIpc) is 2.87. The summed E-state index contributed by atoms with van der Waals surface area (Å²) in [7, 11) is -0.460. The standard InChI is InChI=1S/C19H17F8N3OS/c1-3-32(31)14-8-11(18(22,23)24)9-28-15(14)16-29-12-7-10(17(20,21)19(25,26)27)5-4-6-13(12)30(16)2/h6-10H,3-5H2,1-2H3. The first-order valence-corrected chi connectivity index (χ1v) is 10.7. The molecule has 0 spiro atoms. The third-order valence-corrected chi connectivity index (χ3v) is 6.41. The molecule has 0 aromatic carbocycles. The van der Waals surface area contributed by atoms with Crippen molar-refractivity contribution in [2.75, 3.05) is 5.75 Å². The van der Waals surface area contributed by atoms with E-state index in [0.717, 1.165) is 6.08 Å². The van der Waals surface area contributed by atoms with Gasteiger partial charge >= 0.3 is 18.3 Å². The van der Waals surface area contributed by atoms with Crippen LogP contribution in [0.25, 0.3) is 23.7 Å². The topological polar surface area (TPSA) is 47.8 Å². The Morgan fingerprint density at radius 1 is 1.16 bits per heavy atom. The first-order chi connectivity index (χ1) is 14.7. The molecule has 32 heavy (non-hydrogen) atoms. The maximum atomic E-state index is 13.9. The zero-order valence-corrected chi connectivity index (χ0v) is 17.5. The van der Waals surface area contributed by atoms with Crippen molar-refractivity contribution in [1.82, 2.24) is 14.5 Å². The van der Waals surface area contributed by atoms with E-state index >= 15 is 0 Å². The summed E-state index contributed by atoms with van der Waals surface area (Å²) in [5.74, 6) is -7.28. The van der Waals surface area contributed by atoms with Crippen molar-refractivity contribution in [3.05, 3.63) is 28.5 Å². The molecule has 0 saturated heterocycles. The van der Waals surface area contributed by atoms with E-state index in [4.69, 9.17) is 0 Å². The zero-order valence-electron chi connectivity index (χ0n) is 16.7. The molecule has 2 heterocycles. The van der Waals surface area contributed by atoms with E-state index in [1.807, 2.05) is 0 Å². The van der Waals surface area contributed by atoms with Crippen molar-refractivity contribution in [2.45, 2.75) is 42.9 Å². The number of halogens is 8. The van der Waals surface area contributed by atoms with E-state index in [2.05, 4.69) is 9.97 Å². The van der Waals surface area contributed by atoms with Crippen LogP contribution in [0.3, 0.4) is 0 Å². The van der Waals surface area contributed by atoms with Crippen LogP contribution in [0.4, 0.5) is 35.1 Å². The van der Waals surface area contributed by atoms with Gasteiger partial charge in [-0.15, -0.1) is 0 Å². The highest BCUT2D eigenvalue weighted by atomic mass is 32.2. The molecule has 0 fully saturated rings. The summed E-state index contributed by atoms with van der Waals surface area (Å²) in [6.07, 6.45) is -8.40. The van der Waals surface area contributed by atoms with Gasteiger partial charge < -0.3 is 4.57 Å². The summed E-state index contributed by atoms with van der Waals surface area (Å²) in [4.78, 5) is 7.60. The Labute approximate surface area is 179 Å². The van der Waals surface area contributed by atoms with Crippen LogP contribution in [0.15, 0.2) is 17.2 Å². The largest absolute Gasteiger partial charge is 0.453 e. The number of hydrogen-bond donors (Lipinski definition) is 0. The van der Waals surface area contributed by atoms with Gasteiger partial charge in [0.2, 0.25) is 0 Å². The number of fused-ring (bicyclic) bond motifs is 1. The van der Waals surface area contributed by atoms with Crippen LogP contribution in [0.1, 0.15) is 25.3 Å². The fourth-order valence-corrected chi connectivity index (χ4v) is 4.30. The molecule has 13 heteroatoms. The number of nitrogens with zero attached hydrogens (tertiary/aromatic N) is 3. The molecule has 2 unspecified atom stereocenters. The smallest absolute Gasteiger partial charge is 0.326 e. The first-order valence-electron chi connectivity index (χ1n) is 9.33. The molecule has 1 aliphatic rings. The van der Waals surface area contributed by atoms with Gasteiger partial charge in [0.05, 0.1) is 37.9 Å². The van der Waals surface area contributed by atoms with E-state index in [0.29, 0.717) is 12.3 Å². The van der Waals surface area contributed by atoms with Gasteiger partial charge in [0.15, 0.2) is 5.82 Å². The van der Waals surface area contributed by atoms with Gasteiger partial charge in [-0.25, -0.2) is 4.98 Å². The molecule has 3 rings (SSSR count). The van der Waals surface area contributed by atoms with Crippen LogP contribution < -0.4 is 10.7 Å². The third-order valence-electron chi connectivity index (χ3n) is 5.09. The Hall–Kier alpha value is -2.31. The number of pyridine rings is 1. The minimum absolute atomic E-state index is 0.0295. The van der Waals surface area contributed by atoms with Gasteiger partial charge in [-0.1, -0.05) is 13.0 Å². The van der Waals surface area contributed by atoms with Crippen molar-refractivity contribution < 1.29 is 39.3 Å². The quantitative estimate of drug-likeness (QED) is 0.617. The lowest BCUT2D eigenvalue weighted by atomic mass is 9.95. The molecule has 0 radical (unpaired) electrons. The Morgan fingerprint density at radius 2 is 1.81 bits per heavy atom. The van der Waals surface area contributed by atoms with E-state index in [9.17, 15) is 39.3 Å². The van der Waals surface area contributed by atoms with Crippen LogP contribution in [0, 0.1) is 5.92 Å². The van der Waals surface area contributed by atoms with Crippen molar-refractivity contribution in [3.8, 4) is 11.5 Å². The molecule has 2 aromatic rings. The Morgan fingerprint density at radius 3 is 2.38 bits per heavy atom. The molecule has 0 N–H and O–H groups in total. The number of rotatable bonds is 4. The summed E-state index contributed by atoms with van der Waals surface area (Å²) in [6.45, 7) is 1.49. The lowest BCUT2D eigenvalue weighted by Crippen LogP contribution is -2.43. The van der Waals surface area contributed by atoms with Crippen LogP contribution in [0.5, 0.6) is 0 Å². The molecule has 2 aromatic heterocycles.